The molecule has 6 saturated carbocycles. The Hall–Kier alpha value is -2.20. The van der Waals surface area contributed by atoms with Crippen LogP contribution in [-0.4, -0.2) is 60.0 Å². The average Bonchev–Trinajstić information content (AvgIpc) is 3.21. The van der Waals surface area contributed by atoms with Crippen molar-refractivity contribution in [3.63, 3.8) is 0 Å². The predicted octanol–water partition coefficient (Wildman–Crippen LogP) is 9.95. The molecular weight excluding hydrogens is 712 g/mol. The zero-order chi connectivity index (χ0) is 39.7. The van der Waals surface area contributed by atoms with Gasteiger partial charge in [-0.05, 0) is 151 Å². The molecule has 0 spiro atoms. The molecule has 0 radical (unpaired) electrons. The van der Waals surface area contributed by atoms with E-state index in [0.29, 0.717) is 50.0 Å². The number of esters is 2. The van der Waals surface area contributed by atoms with Crippen LogP contribution in [-0.2, 0) is 38.4 Å². The largest absolute Gasteiger partial charge is 0.481 e. The topological polar surface area (TPSA) is 146 Å². The van der Waals surface area contributed by atoms with Gasteiger partial charge in [0.25, 0.3) is 0 Å². The normalized spacial score (nSPS) is 36.2. The molecule has 0 bridgehead atoms. The number of hydrogen-bond donors (Lipinski definition) is 2. The van der Waals surface area contributed by atoms with Crippen molar-refractivity contribution in [1.82, 2.24) is 0 Å². The summed E-state index contributed by atoms with van der Waals surface area (Å²) in [6.45, 7) is 2.37. The minimum absolute atomic E-state index is 0.0346. The van der Waals surface area contributed by atoms with Crippen LogP contribution < -0.4 is 0 Å². The zero-order valence-corrected chi connectivity index (χ0v) is 34.7. The number of carbonyl (C=O) groups is 4. The molecule has 10 heteroatoms. The van der Waals surface area contributed by atoms with Crippen LogP contribution in [0.1, 0.15) is 174 Å². The highest BCUT2D eigenvalue weighted by molar-refractivity contribution is 5.81. The predicted molar refractivity (Wildman–Crippen MR) is 211 cm³/mol. The second-order valence-corrected chi connectivity index (χ2v) is 19.6. The van der Waals surface area contributed by atoms with Gasteiger partial charge in [0.2, 0.25) is 0 Å². The highest BCUT2D eigenvalue weighted by atomic mass is 17.2. The van der Waals surface area contributed by atoms with Gasteiger partial charge in [-0.1, -0.05) is 64.2 Å². The lowest BCUT2D eigenvalue weighted by Gasteiger charge is -2.46. The molecule has 0 aromatic heterocycles. The summed E-state index contributed by atoms with van der Waals surface area (Å²) in [5, 5.41) is 20.0. The Balaban J connectivity index is 0.960. The van der Waals surface area contributed by atoms with Crippen molar-refractivity contribution >= 4 is 23.9 Å². The van der Waals surface area contributed by atoms with Gasteiger partial charge in [0.1, 0.15) is 6.10 Å². The molecule has 0 saturated heterocycles. The Morgan fingerprint density at radius 3 is 1.57 bits per heavy atom. The molecule has 7 atom stereocenters. The SMILES string of the molecule is COC(=O)C(C)(C1CCC(OOCC2CC(CC3CCCCC3)CCC2C(=O)O)CC1)C1CCC(OC(=O)C2CC(CC3CCCCC3)CCC2C(=O)O)CC1. The van der Waals surface area contributed by atoms with Gasteiger partial charge < -0.3 is 19.7 Å². The minimum Gasteiger partial charge on any atom is -0.481 e. The van der Waals surface area contributed by atoms with E-state index in [0.717, 1.165) is 76.5 Å². The molecule has 7 unspecified atom stereocenters. The van der Waals surface area contributed by atoms with Crippen LogP contribution in [0.3, 0.4) is 0 Å². The molecular formula is C46H74O10. The summed E-state index contributed by atoms with van der Waals surface area (Å²) in [6.07, 6.45) is 25.5. The first-order chi connectivity index (χ1) is 27.0. The Labute approximate surface area is 336 Å². The molecule has 2 N–H and O–H groups in total. The summed E-state index contributed by atoms with van der Waals surface area (Å²) >= 11 is 0. The number of methoxy groups -OCH3 is 1. The van der Waals surface area contributed by atoms with Crippen LogP contribution in [0, 0.1) is 64.6 Å². The Kier molecular flexibility index (Phi) is 16.0. The summed E-state index contributed by atoms with van der Waals surface area (Å²) < 4.78 is 11.6. The lowest BCUT2D eigenvalue weighted by Crippen LogP contribution is -2.47. The molecule has 6 aliphatic carbocycles. The lowest BCUT2D eigenvalue weighted by molar-refractivity contribution is -0.338. The van der Waals surface area contributed by atoms with Gasteiger partial charge in [0.15, 0.2) is 0 Å². The molecule has 6 fully saturated rings. The van der Waals surface area contributed by atoms with Crippen LogP contribution in [0.4, 0.5) is 0 Å². The van der Waals surface area contributed by atoms with E-state index < -0.39 is 29.2 Å². The lowest BCUT2D eigenvalue weighted by atomic mass is 9.59. The second kappa shape index (κ2) is 20.7. The first-order valence-electron chi connectivity index (χ1n) is 23.1. The third kappa shape index (κ3) is 11.1. The maximum absolute atomic E-state index is 13.6. The third-order valence-corrected chi connectivity index (χ3v) is 16.2. The molecule has 6 aliphatic rings. The molecule has 56 heavy (non-hydrogen) atoms. The fourth-order valence-electron chi connectivity index (χ4n) is 12.8. The van der Waals surface area contributed by atoms with E-state index in [9.17, 15) is 29.4 Å². The first-order valence-corrected chi connectivity index (χ1v) is 23.1. The number of carboxylic acid groups (broad SMARTS) is 2. The van der Waals surface area contributed by atoms with Crippen LogP contribution in [0.2, 0.25) is 0 Å². The van der Waals surface area contributed by atoms with Crippen molar-refractivity contribution in [3.8, 4) is 0 Å². The summed E-state index contributed by atoms with van der Waals surface area (Å²) in [7, 11) is 1.47. The van der Waals surface area contributed by atoms with E-state index in [4.69, 9.17) is 19.2 Å². The second-order valence-electron chi connectivity index (χ2n) is 19.6. The van der Waals surface area contributed by atoms with Gasteiger partial charge in [-0.2, -0.15) is 0 Å². The van der Waals surface area contributed by atoms with Crippen molar-refractivity contribution in [3.05, 3.63) is 0 Å². The Morgan fingerprint density at radius 1 is 0.554 bits per heavy atom. The van der Waals surface area contributed by atoms with Crippen LogP contribution in [0.25, 0.3) is 0 Å². The maximum Gasteiger partial charge on any atom is 0.312 e. The monoisotopic (exact) mass is 787 g/mol. The molecule has 0 aromatic rings. The molecule has 6 rings (SSSR count). The number of rotatable bonds is 15. The van der Waals surface area contributed by atoms with Gasteiger partial charge in [0.05, 0.1) is 43.0 Å². The smallest absolute Gasteiger partial charge is 0.312 e. The zero-order valence-electron chi connectivity index (χ0n) is 34.7. The highest BCUT2D eigenvalue weighted by Gasteiger charge is 2.51. The highest BCUT2D eigenvalue weighted by Crippen LogP contribution is 2.51. The molecule has 10 nitrogen and oxygen atoms in total. The summed E-state index contributed by atoms with van der Waals surface area (Å²) in [4.78, 5) is 63.3. The van der Waals surface area contributed by atoms with E-state index in [-0.39, 0.29) is 47.8 Å². The minimum atomic E-state index is -0.887. The van der Waals surface area contributed by atoms with E-state index in [2.05, 4.69) is 6.92 Å². The number of aliphatic carboxylic acids is 2. The molecule has 318 valence electrons. The Morgan fingerprint density at radius 2 is 1.05 bits per heavy atom. The van der Waals surface area contributed by atoms with Crippen LogP contribution >= 0.6 is 0 Å². The third-order valence-electron chi connectivity index (χ3n) is 16.2. The average molecular weight is 787 g/mol. The van der Waals surface area contributed by atoms with E-state index >= 15 is 0 Å². The van der Waals surface area contributed by atoms with Crippen LogP contribution in [0.5, 0.6) is 0 Å². The van der Waals surface area contributed by atoms with E-state index in [1.807, 2.05) is 0 Å². The maximum atomic E-state index is 13.6. The summed E-state index contributed by atoms with van der Waals surface area (Å²) in [6, 6.07) is 0. The molecule has 0 aromatic carbocycles. The van der Waals surface area contributed by atoms with Crippen molar-refractivity contribution in [2.75, 3.05) is 13.7 Å². The quantitative estimate of drug-likeness (QED) is 0.0935. The van der Waals surface area contributed by atoms with Gasteiger partial charge in [-0.15, -0.1) is 0 Å². The molecule has 0 amide bonds. The van der Waals surface area contributed by atoms with Crippen LogP contribution in [0.15, 0.2) is 0 Å². The van der Waals surface area contributed by atoms with Crippen molar-refractivity contribution < 1.29 is 48.6 Å². The van der Waals surface area contributed by atoms with Gasteiger partial charge in [-0.25, -0.2) is 9.78 Å². The van der Waals surface area contributed by atoms with Crippen molar-refractivity contribution in [2.24, 2.45) is 64.6 Å². The summed E-state index contributed by atoms with van der Waals surface area (Å²) in [5.74, 6) is -1.16. The van der Waals surface area contributed by atoms with Gasteiger partial charge in [-0.3, -0.25) is 19.2 Å². The molecule has 0 aliphatic heterocycles. The first kappa shape index (κ1) is 43.4. The fraction of sp³-hybridized carbons (Fsp3) is 0.913. The van der Waals surface area contributed by atoms with Gasteiger partial charge >= 0.3 is 23.9 Å². The Bertz CT molecular complexity index is 1270. The number of carbonyl (C=O) groups excluding carboxylic acids is 2. The standard InChI is InChI=1S/C46H74O10/c1-46(45(52)53-2,35-15-19-37(20-16-35)55-44(51)41-28-33(14-24-40(41)43(49)50)26-31-11-7-4-8-12-31)36-17-21-38(22-18-36)56-54-29-34-27-32(13-23-39(34)42(47)48)25-30-9-5-3-6-10-30/h30-41H,3-29H2,1-2H3,(H,47,48)(H,49,50). The van der Waals surface area contributed by atoms with Gasteiger partial charge in [0, 0.05) is 0 Å². The van der Waals surface area contributed by atoms with E-state index in [1.54, 1.807) is 0 Å². The van der Waals surface area contributed by atoms with Crippen molar-refractivity contribution in [2.45, 2.75) is 186 Å². The fourth-order valence-corrected chi connectivity index (χ4v) is 12.8. The number of hydrogen-bond acceptors (Lipinski definition) is 8. The number of carboxylic acids is 2. The summed E-state index contributed by atoms with van der Waals surface area (Å²) in [5.41, 5.74) is -0.677. The molecule has 0 heterocycles. The van der Waals surface area contributed by atoms with Crippen molar-refractivity contribution in [1.29, 1.82) is 0 Å². The van der Waals surface area contributed by atoms with E-state index in [1.165, 1.54) is 77.7 Å². The number of ether oxygens (including phenoxy) is 2.